The SMILES string of the molecule is CCC(Oc1cccc(C)c1)C(N)=S. The summed E-state index contributed by atoms with van der Waals surface area (Å²) >= 11 is 4.90. The highest BCUT2D eigenvalue weighted by atomic mass is 32.1. The van der Waals surface area contributed by atoms with Gasteiger partial charge in [0.1, 0.15) is 16.8 Å². The van der Waals surface area contributed by atoms with Crippen LogP contribution in [-0.2, 0) is 0 Å². The number of thiocarbonyl (C=S) groups is 1. The number of benzene rings is 1. The van der Waals surface area contributed by atoms with Gasteiger partial charge in [0.2, 0.25) is 0 Å². The van der Waals surface area contributed by atoms with E-state index >= 15 is 0 Å². The first kappa shape index (κ1) is 11.0. The monoisotopic (exact) mass is 209 g/mol. The standard InChI is InChI=1S/C11H15NOS/c1-3-10(11(12)14)13-9-6-4-5-8(2)7-9/h4-7,10H,3H2,1-2H3,(H2,12,14). The third-order valence-electron chi connectivity index (χ3n) is 1.96. The zero-order valence-electron chi connectivity index (χ0n) is 8.49. The van der Waals surface area contributed by atoms with E-state index in [0.717, 1.165) is 12.2 Å². The Morgan fingerprint density at radius 1 is 1.57 bits per heavy atom. The first-order valence-corrected chi connectivity index (χ1v) is 5.07. The molecule has 0 aromatic heterocycles. The fraction of sp³-hybridized carbons (Fsp3) is 0.364. The summed E-state index contributed by atoms with van der Waals surface area (Å²) in [7, 11) is 0. The van der Waals surface area contributed by atoms with E-state index in [1.54, 1.807) is 0 Å². The fourth-order valence-corrected chi connectivity index (χ4v) is 1.41. The Labute approximate surface area is 90.1 Å². The number of aryl methyl sites for hydroxylation is 1. The van der Waals surface area contributed by atoms with Crippen molar-refractivity contribution in [2.75, 3.05) is 0 Å². The molecule has 0 heterocycles. The fourth-order valence-electron chi connectivity index (χ4n) is 1.20. The van der Waals surface area contributed by atoms with E-state index < -0.39 is 0 Å². The van der Waals surface area contributed by atoms with Crippen LogP contribution < -0.4 is 10.5 Å². The predicted molar refractivity (Wildman–Crippen MR) is 62.7 cm³/mol. The van der Waals surface area contributed by atoms with Gasteiger partial charge in [0.25, 0.3) is 0 Å². The summed E-state index contributed by atoms with van der Waals surface area (Å²) in [6, 6.07) is 7.86. The molecule has 2 nitrogen and oxygen atoms in total. The first-order valence-electron chi connectivity index (χ1n) is 4.66. The van der Waals surface area contributed by atoms with Crippen molar-refractivity contribution in [2.45, 2.75) is 26.4 Å². The molecule has 0 bridgehead atoms. The molecule has 1 rings (SSSR count). The molecule has 0 spiro atoms. The van der Waals surface area contributed by atoms with Crippen molar-refractivity contribution in [1.82, 2.24) is 0 Å². The van der Waals surface area contributed by atoms with Crippen LogP contribution in [0.2, 0.25) is 0 Å². The molecule has 14 heavy (non-hydrogen) atoms. The van der Waals surface area contributed by atoms with Gasteiger partial charge in [-0.3, -0.25) is 0 Å². The molecule has 0 aliphatic rings. The van der Waals surface area contributed by atoms with Crippen molar-refractivity contribution < 1.29 is 4.74 Å². The number of hydrogen-bond acceptors (Lipinski definition) is 2. The second-order valence-electron chi connectivity index (χ2n) is 3.23. The maximum atomic E-state index is 5.64. The maximum Gasteiger partial charge on any atom is 0.148 e. The van der Waals surface area contributed by atoms with E-state index in [-0.39, 0.29) is 6.10 Å². The van der Waals surface area contributed by atoms with Gasteiger partial charge < -0.3 is 10.5 Å². The van der Waals surface area contributed by atoms with Gasteiger partial charge in [0.15, 0.2) is 0 Å². The van der Waals surface area contributed by atoms with Gasteiger partial charge in [-0.1, -0.05) is 31.3 Å². The van der Waals surface area contributed by atoms with Crippen LogP contribution in [0.1, 0.15) is 18.9 Å². The molecule has 2 N–H and O–H groups in total. The third kappa shape index (κ3) is 3.00. The molecule has 0 saturated heterocycles. The summed E-state index contributed by atoms with van der Waals surface area (Å²) in [4.78, 5) is 0.411. The van der Waals surface area contributed by atoms with Crippen LogP contribution in [-0.4, -0.2) is 11.1 Å². The van der Waals surface area contributed by atoms with Gasteiger partial charge in [0, 0.05) is 0 Å². The number of rotatable bonds is 4. The van der Waals surface area contributed by atoms with Crippen molar-refractivity contribution in [2.24, 2.45) is 5.73 Å². The molecule has 1 atom stereocenters. The molecule has 1 unspecified atom stereocenters. The molecule has 0 fully saturated rings. The molecule has 0 aliphatic heterocycles. The topological polar surface area (TPSA) is 35.2 Å². The molecule has 0 radical (unpaired) electrons. The van der Waals surface area contributed by atoms with Gasteiger partial charge in [-0.25, -0.2) is 0 Å². The number of hydrogen-bond donors (Lipinski definition) is 1. The van der Waals surface area contributed by atoms with E-state index in [2.05, 4.69) is 0 Å². The Bertz CT molecular complexity index is 325. The summed E-state index contributed by atoms with van der Waals surface area (Å²) in [5.74, 6) is 0.824. The van der Waals surface area contributed by atoms with Gasteiger partial charge in [-0.05, 0) is 31.0 Å². The minimum atomic E-state index is -0.160. The van der Waals surface area contributed by atoms with Crippen molar-refractivity contribution in [3.8, 4) is 5.75 Å². The molecule has 1 aromatic rings. The Morgan fingerprint density at radius 2 is 2.29 bits per heavy atom. The zero-order valence-corrected chi connectivity index (χ0v) is 9.30. The van der Waals surface area contributed by atoms with Crippen LogP contribution in [0.5, 0.6) is 5.75 Å². The average molecular weight is 209 g/mol. The van der Waals surface area contributed by atoms with Crippen LogP contribution >= 0.6 is 12.2 Å². The van der Waals surface area contributed by atoms with E-state index in [9.17, 15) is 0 Å². The molecule has 0 aliphatic carbocycles. The van der Waals surface area contributed by atoms with E-state index in [1.807, 2.05) is 38.1 Å². The molecule has 76 valence electrons. The van der Waals surface area contributed by atoms with Crippen molar-refractivity contribution in [3.63, 3.8) is 0 Å². The molecular weight excluding hydrogens is 194 g/mol. The minimum Gasteiger partial charge on any atom is -0.483 e. The molecule has 1 aromatic carbocycles. The first-order chi connectivity index (χ1) is 6.63. The van der Waals surface area contributed by atoms with Crippen molar-refractivity contribution >= 4 is 17.2 Å². The maximum absolute atomic E-state index is 5.64. The lowest BCUT2D eigenvalue weighted by atomic mass is 10.2. The second kappa shape index (κ2) is 4.96. The number of nitrogens with two attached hydrogens (primary N) is 1. The Hall–Kier alpha value is -1.09. The highest BCUT2D eigenvalue weighted by Gasteiger charge is 2.10. The lowest BCUT2D eigenvalue weighted by Gasteiger charge is -2.16. The highest BCUT2D eigenvalue weighted by molar-refractivity contribution is 7.80. The van der Waals surface area contributed by atoms with Gasteiger partial charge in [0.05, 0.1) is 0 Å². The molecule has 0 saturated carbocycles. The van der Waals surface area contributed by atoms with Crippen LogP contribution in [0.15, 0.2) is 24.3 Å². The molecule has 3 heteroatoms. The van der Waals surface area contributed by atoms with Crippen LogP contribution in [0.25, 0.3) is 0 Å². The van der Waals surface area contributed by atoms with Crippen LogP contribution in [0.3, 0.4) is 0 Å². The smallest absolute Gasteiger partial charge is 0.148 e. The normalized spacial score (nSPS) is 12.1. The van der Waals surface area contributed by atoms with Crippen LogP contribution in [0, 0.1) is 6.92 Å². The second-order valence-corrected chi connectivity index (χ2v) is 3.71. The number of ether oxygens (including phenoxy) is 1. The van der Waals surface area contributed by atoms with Gasteiger partial charge in [-0.2, -0.15) is 0 Å². The summed E-state index contributed by atoms with van der Waals surface area (Å²) < 4.78 is 5.64. The van der Waals surface area contributed by atoms with E-state index in [0.29, 0.717) is 4.99 Å². The largest absolute Gasteiger partial charge is 0.483 e. The van der Waals surface area contributed by atoms with Gasteiger partial charge >= 0.3 is 0 Å². The zero-order chi connectivity index (χ0) is 10.6. The van der Waals surface area contributed by atoms with Crippen molar-refractivity contribution in [3.05, 3.63) is 29.8 Å². The summed E-state index contributed by atoms with van der Waals surface area (Å²) in [5, 5.41) is 0. The molecular formula is C11H15NOS. The lowest BCUT2D eigenvalue weighted by molar-refractivity contribution is 0.264. The minimum absolute atomic E-state index is 0.160. The molecule has 0 amide bonds. The Balaban J connectivity index is 2.72. The van der Waals surface area contributed by atoms with E-state index in [1.165, 1.54) is 5.56 Å². The van der Waals surface area contributed by atoms with Crippen LogP contribution in [0.4, 0.5) is 0 Å². The Kier molecular flexibility index (Phi) is 3.89. The average Bonchev–Trinajstić information content (AvgIpc) is 2.14. The predicted octanol–water partition coefficient (Wildman–Crippen LogP) is 2.44. The summed E-state index contributed by atoms with van der Waals surface area (Å²) in [6.07, 6.45) is 0.635. The lowest BCUT2D eigenvalue weighted by Crippen LogP contribution is -2.31. The Morgan fingerprint density at radius 3 is 2.79 bits per heavy atom. The van der Waals surface area contributed by atoms with Gasteiger partial charge in [-0.15, -0.1) is 0 Å². The van der Waals surface area contributed by atoms with E-state index in [4.69, 9.17) is 22.7 Å². The summed E-state index contributed by atoms with van der Waals surface area (Å²) in [5.41, 5.74) is 6.71. The highest BCUT2D eigenvalue weighted by Crippen LogP contribution is 2.15. The van der Waals surface area contributed by atoms with Crippen molar-refractivity contribution in [1.29, 1.82) is 0 Å². The quantitative estimate of drug-likeness (QED) is 0.774. The third-order valence-corrected chi connectivity index (χ3v) is 2.22. The summed E-state index contributed by atoms with van der Waals surface area (Å²) in [6.45, 7) is 4.02.